The predicted octanol–water partition coefficient (Wildman–Crippen LogP) is 2.29. The van der Waals surface area contributed by atoms with E-state index in [2.05, 4.69) is 0 Å². The van der Waals surface area contributed by atoms with Crippen molar-refractivity contribution in [2.75, 3.05) is 0 Å². The average molecular weight is 292 g/mol. The predicted molar refractivity (Wildman–Crippen MR) is 73.9 cm³/mol. The van der Waals surface area contributed by atoms with Crippen LogP contribution in [0.1, 0.15) is 15.9 Å². The summed E-state index contributed by atoms with van der Waals surface area (Å²) in [6, 6.07) is 13.0. The molecule has 0 spiro atoms. The Morgan fingerprint density at radius 2 is 1.80 bits per heavy atom. The van der Waals surface area contributed by atoms with Crippen LogP contribution in [0, 0.1) is 0 Å². The first kappa shape index (κ1) is 14.1. The Bertz CT molecular complexity index is 684. The number of hydrogen-bond acceptors (Lipinski definition) is 4. The van der Waals surface area contributed by atoms with E-state index < -0.39 is 16.7 Å². The van der Waals surface area contributed by atoms with Crippen molar-refractivity contribution in [1.82, 2.24) is 0 Å². The molecule has 6 heteroatoms. The number of thiol groups is 1. The fourth-order valence-electron chi connectivity index (χ4n) is 1.69. The SMILES string of the molecule is O=C(O)c1ccc(Oc2ccccc2)c(C[SH](=O)=O)c1. The smallest absolute Gasteiger partial charge is 0.335 e. The fourth-order valence-corrected chi connectivity index (χ4v) is 2.22. The molecule has 5 nitrogen and oxygen atoms in total. The molecule has 0 bridgehead atoms. The molecule has 20 heavy (non-hydrogen) atoms. The maximum atomic E-state index is 10.9. The number of benzene rings is 2. The van der Waals surface area contributed by atoms with Crippen molar-refractivity contribution in [2.24, 2.45) is 0 Å². The van der Waals surface area contributed by atoms with Gasteiger partial charge in [0.05, 0.1) is 11.3 Å². The summed E-state index contributed by atoms with van der Waals surface area (Å²) >= 11 is 0. The van der Waals surface area contributed by atoms with Crippen LogP contribution >= 0.6 is 0 Å². The van der Waals surface area contributed by atoms with Crippen molar-refractivity contribution < 1.29 is 23.1 Å². The standard InChI is InChI=1S/C14H12O5S/c15-14(16)10-6-7-13(11(8-10)9-20(17)18)19-12-4-2-1-3-5-12/h1-8,20H,9H2,(H,15,16). The minimum absolute atomic E-state index is 0.0252. The number of hydrogen-bond donors (Lipinski definition) is 2. The van der Waals surface area contributed by atoms with Crippen LogP contribution < -0.4 is 4.74 Å². The summed E-state index contributed by atoms with van der Waals surface area (Å²) in [6.45, 7) is 0. The first-order valence-corrected chi connectivity index (χ1v) is 7.13. The second-order valence-corrected chi connectivity index (χ2v) is 5.02. The van der Waals surface area contributed by atoms with E-state index in [1.165, 1.54) is 18.2 Å². The fraction of sp³-hybridized carbons (Fsp3) is 0.0714. The minimum atomic E-state index is -2.67. The molecule has 104 valence electrons. The van der Waals surface area contributed by atoms with Crippen molar-refractivity contribution in [3.63, 3.8) is 0 Å². The van der Waals surface area contributed by atoms with Gasteiger partial charge < -0.3 is 9.84 Å². The Labute approximate surface area is 117 Å². The molecule has 0 aromatic heterocycles. The van der Waals surface area contributed by atoms with Gasteiger partial charge in [-0.05, 0) is 30.3 Å². The van der Waals surface area contributed by atoms with E-state index in [0.29, 0.717) is 17.1 Å². The molecule has 0 aliphatic rings. The van der Waals surface area contributed by atoms with Gasteiger partial charge in [0.25, 0.3) is 0 Å². The van der Waals surface area contributed by atoms with Crippen LogP contribution in [-0.4, -0.2) is 19.5 Å². The lowest BCUT2D eigenvalue weighted by Crippen LogP contribution is -2.00. The van der Waals surface area contributed by atoms with Crippen LogP contribution in [0.3, 0.4) is 0 Å². The van der Waals surface area contributed by atoms with E-state index in [9.17, 15) is 13.2 Å². The van der Waals surface area contributed by atoms with Crippen LogP contribution in [0.25, 0.3) is 0 Å². The zero-order valence-electron chi connectivity index (χ0n) is 10.4. The molecule has 0 saturated carbocycles. The Kier molecular flexibility index (Phi) is 4.37. The lowest BCUT2D eigenvalue weighted by Gasteiger charge is -2.10. The van der Waals surface area contributed by atoms with E-state index in [1.807, 2.05) is 6.07 Å². The van der Waals surface area contributed by atoms with E-state index in [0.717, 1.165) is 0 Å². The lowest BCUT2D eigenvalue weighted by molar-refractivity contribution is 0.0696. The van der Waals surface area contributed by atoms with Gasteiger partial charge in [-0.2, -0.15) is 0 Å². The van der Waals surface area contributed by atoms with Gasteiger partial charge in [-0.1, -0.05) is 18.2 Å². The Hall–Kier alpha value is -2.34. The van der Waals surface area contributed by atoms with Gasteiger partial charge in [-0.15, -0.1) is 0 Å². The summed E-state index contributed by atoms with van der Waals surface area (Å²) in [5.74, 6) is -0.490. The minimum Gasteiger partial charge on any atom is -0.478 e. The summed E-state index contributed by atoms with van der Waals surface area (Å²) in [5, 5.41) is 8.93. The van der Waals surface area contributed by atoms with E-state index in [-0.39, 0.29) is 11.3 Å². The molecule has 2 aromatic carbocycles. The van der Waals surface area contributed by atoms with Crippen molar-refractivity contribution in [1.29, 1.82) is 0 Å². The Morgan fingerprint density at radius 1 is 1.10 bits per heavy atom. The van der Waals surface area contributed by atoms with E-state index in [4.69, 9.17) is 9.84 Å². The second-order valence-electron chi connectivity index (χ2n) is 4.03. The van der Waals surface area contributed by atoms with Gasteiger partial charge in [0.15, 0.2) is 0 Å². The zero-order valence-corrected chi connectivity index (χ0v) is 11.2. The van der Waals surface area contributed by atoms with Crippen molar-refractivity contribution in [3.8, 4) is 11.5 Å². The lowest BCUT2D eigenvalue weighted by atomic mass is 10.1. The quantitative estimate of drug-likeness (QED) is 0.826. The highest BCUT2D eigenvalue weighted by Crippen LogP contribution is 2.26. The summed E-state index contributed by atoms with van der Waals surface area (Å²) in [4.78, 5) is 10.9. The van der Waals surface area contributed by atoms with E-state index >= 15 is 0 Å². The van der Waals surface area contributed by atoms with Crippen LogP contribution in [-0.2, 0) is 16.5 Å². The third kappa shape index (κ3) is 3.58. The van der Waals surface area contributed by atoms with Gasteiger partial charge in [-0.25, -0.2) is 13.2 Å². The molecule has 1 N–H and O–H groups in total. The number of carboxylic acid groups (broad SMARTS) is 1. The van der Waals surface area contributed by atoms with Gasteiger partial charge in [-0.3, -0.25) is 0 Å². The monoisotopic (exact) mass is 292 g/mol. The number of carboxylic acids is 1. The first-order chi connectivity index (χ1) is 9.56. The number of carbonyl (C=O) groups is 1. The molecule has 0 aliphatic carbocycles. The molecule has 0 aliphatic heterocycles. The molecular formula is C14H12O5S. The summed E-state index contributed by atoms with van der Waals surface area (Å²) in [5.41, 5.74) is 0.349. The maximum Gasteiger partial charge on any atom is 0.335 e. The number of aromatic carboxylic acids is 1. The van der Waals surface area contributed by atoms with Crippen LogP contribution in [0.4, 0.5) is 0 Å². The maximum absolute atomic E-state index is 10.9. The highest BCUT2D eigenvalue weighted by Gasteiger charge is 2.11. The molecule has 0 unspecified atom stereocenters. The molecular weight excluding hydrogens is 280 g/mol. The summed E-state index contributed by atoms with van der Waals surface area (Å²) in [6.07, 6.45) is 0. The third-order valence-corrected chi connectivity index (χ3v) is 3.18. The summed E-state index contributed by atoms with van der Waals surface area (Å²) in [7, 11) is -2.67. The van der Waals surface area contributed by atoms with Crippen LogP contribution in [0.15, 0.2) is 48.5 Å². The van der Waals surface area contributed by atoms with Gasteiger partial charge in [0.2, 0.25) is 0 Å². The number of rotatable bonds is 5. The largest absolute Gasteiger partial charge is 0.478 e. The number of para-hydroxylation sites is 1. The molecule has 2 aromatic rings. The second kappa shape index (κ2) is 6.21. The Balaban J connectivity index is 2.38. The Morgan fingerprint density at radius 3 is 2.40 bits per heavy atom. The third-order valence-electron chi connectivity index (χ3n) is 2.58. The first-order valence-electron chi connectivity index (χ1n) is 5.77. The normalized spacial score (nSPS) is 10.4. The molecule has 0 saturated heterocycles. The highest BCUT2D eigenvalue weighted by atomic mass is 32.2. The van der Waals surface area contributed by atoms with Gasteiger partial charge in [0, 0.05) is 5.56 Å². The summed E-state index contributed by atoms with van der Waals surface area (Å²) < 4.78 is 27.4. The molecule has 0 atom stereocenters. The van der Waals surface area contributed by atoms with Gasteiger partial charge >= 0.3 is 5.97 Å². The van der Waals surface area contributed by atoms with E-state index in [1.54, 1.807) is 24.3 Å². The highest BCUT2D eigenvalue weighted by molar-refractivity contribution is 7.71. The van der Waals surface area contributed by atoms with Gasteiger partial charge in [0.1, 0.15) is 22.2 Å². The van der Waals surface area contributed by atoms with Crippen LogP contribution in [0.2, 0.25) is 0 Å². The van der Waals surface area contributed by atoms with Crippen molar-refractivity contribution >= 4 is 16.7 Å². The molecule has 0 radical (unpaired) electrons. The molecule has 0 amide bonds. The van der Waals surface area contributed by atoms with Crippen LogP contribution in [0.5, 0.6) is 11.5 Å². The molecule has 0 heterocycles. The zero-order chi connectivity index (χ0) is 14.5. The van der Waals surface area contributed by atoms with Crippen molar-refractivity contribution in [3.05, 3.63) is 59.7 Å². The van der Waals surface area contributed by atoms with Crippen molar-refractivity contribution in [2.45, 2.75) is 5.75 Å². The molecule has 0 fully saturated rings. The molecule has 2 rings (SSSR count). The topological polar surface area (TPSA) is 80.7 Å². The number of ether oxygens (including phenoxy) is 1. The average Bonchev–Trinajstić information content (AvgIpc) is 2.41.